The highest BCUT2D eigenvalue weighted by Crippen LogP contribution is 2.16. The lowest BCUT2D eigenvalue weighted by Crippen LogP contribution is -2.45. The van der Waals surface area contributed by atoms with Crippen molar-refractivity contribution in [1.29, 1.82) is 0 Å². The maximum Gasteiger partial charge on any atom is 0.321 e. The predicted octanol–water partition coefficient (Wildman–Crippen LogP) is 1.63. The maximum absolute atomic E-state index is 11.6. The predicted molar refractivity (Wildman–Crippen MR) is 71.8 cm³/mol. The second kappa shape index (κ2) is 6.10. The summed E-state index contributed by atoms with van der Waals surface area (Å²) in [4.78, 5) is 11.6. The molecule has 1 aromatic heterocycles. The minimum Gasteiger partial charge on any atom is -0.388 e. The molecule has 3 N–H and O–H groups in total. The highest BCUT2D eigenvalue weighted by Gasteiger charge is 2.25. The number of nitrogens with zero attached hydrogens (tertiary/aromatic N) is 2. The van der Waals surface area contributed by atoms with Gasteiger partial charge >= 0.3 is 6.03 Å². The first-order chi connectivity index (χ1) is 8.35. The molecule has 6 nitrogen and oxygen atoms in total. The van der Waals surface area contributed by atoms with Crippen LogP contribution in [0.2, 0.25) is 0 Å². The zero-order valence-corrected chi connectivity index (χ0v) is 12.0. The van der Waals surface area contributed by atoms with Gasteiger partial charge in [0.05, 0.1) is 5.60 Å². The van der Waals surface area contributed by atoms with Crippen LogP contribution in [-0.2, 0) is 6.42 Å². The molecular formula is C11H20N4O2S. The Kier molecular flexibility index (Phi) is 5.03. The molecule has 1 unspecified atom stereocenters. The Hall–Kier alpha value is -1.21. The molecule has 7 heteroatoms. The molecule has 2 amide bonds. The number of aliphatic hydroxyl groups is 1. The molecule has 1 heterocycles. The van der Waals surface area contributed by atoms with E-state index in [9.17, 15) is 9.90 Å². The minimum absolute atomic E-state index is 0.0611. The number of anilines is 1. The Bertz CT molecular complexity index is 404. The summed E-state index contributed by atoms with van der Waals surface area (Å²) in [6, 6.07) is -0.380. The van der Waals surface area contributed by atoms with E-state index in [1.54, 1.807) is 6.92 Å². The lowest BCUT2D eigenvalue weighted by atomic mass is 9.93. The maximum atomic E-state index is 11.6. The van der Waals surface area contributed by atoms with Gasteiger partial charge in [0.2, 0.25) is 5.13 Å². The van der Waals surface area contributed by atoms with E-state index in [4.69, 9.17) is 0 Å². The van der Waals surface area contributed by atoms with Gasteiger partial charge in [0.15, 0.2) is 0 Å². The number of aryl methyl sites for hydroxylation is 1. The summed E-state index contributed by atoms with van der Waals surface area (Å²) in [6.45, 7) is 7.66. The second-order valence-electron chi connectivity index (χ2n) is 4.67. The number of urea groups is 1. The lowest BCUT2D eigenvalue weighted by Gasteiger charge is -2.27. The van der Waals surface area contributed by atoms with Crippen LogP contribution in [0, 0.1) is 5.92 Å². The quantitative estimate of drug-likeness (QED) is 0.760. The molecule has 0 spiro atoms. The molecule has 0 aliphatic heterocycles. The van der Waals surface area contributed by atoms with E-state index in [2.05, 4.69) is 20.8 Å². The Morgan fingerprint density at radius 3 is 2.67 bits per heavy atom. The van der Waals surface area contributed by atoms with Crippen LogP contribution in [0.25, 0.3) is 0 Å². The SMILES string of the molecule is CCc1nnc(NC(=O)NCC(C)(O)C(C)C)s1. The summed E-state index contributed by atoms with van der Waals surface area (Å²) in [5.74, 6) is 0.0611. The van der Waals surface area contributed by atoms with Gasteiger partial charge < -0.3 is 10.4 Å². The van der Waals surface area contributed by atoms with Crippen molar-refractivity contribution >= 4 is 22.5 Å². The first kappa shape index (κ1) is 14.8. The molecule has 0 saturated heterocycles. The topological polar surface area (TPSA) is 87.1 Å². The molecule has 1 aromatic rings. The van der Waals surface area contributed by atoms with Crippen molar-refractivity contribution in [2.75, 3.05) is 11.9 Å². The third-order valence-electron chi connectivity index (χ3n) is 2.84. The number of carbonyl (C=O) groups is 1. The van der Waals surface area contributed by atoms with Gasteiger partial charge in [-0.3, -0.25) is 5.32 Å². The van der Waals surface area contributed by atoms with Crippen molar-refractivity contribution in [1.82, 2.24) is 15.5 Å². The van der Waals surface area contributed by atoms with Crippen LogP contribution in [0.1, 0.15) is 32.7 Å². The monoisotopic (exact) mass is 272 g/mol. The van der Waals surface area contributed by atoms with E-state index in [0.717, 1.165) is 11.4 Å². The number of hydrogen-bond acceptors (Lipinski definition) is 5. The summed E-state index contributed by atoms with van der Waals surface area (Å²) in [7, 11) is 0. The third-order valence-corrected chi connectivity index (χ3v) is 3.82. The highest BCUT2D eigenvalue weighted by molar-refractivity contribution is 7.15. The zero-order valence-electron chi connectivity index (χ0n) is 11.1. The smallest absolute Gasteiger partial charge is 0.321 e. The van der Waals surface area contributed by atoms with E-state index in [0.29, 0.717) is 5.13 Å². The lowest BCUT2D eigenvalue weighted by molar-refractivity contribution is 0.0170. The highest BCUT2D eigenvalue weighted by atomic mass is 32.1. The number of rotatable bonds is 5. The van der Waals surface area contributed by atoms with Crippen LogP contribution < -0.4 is 10.6 Å². The van der Waals surface area contributed by atoms with Crippen molar-refractivity contribution in [3.05, 3.63) is 5.01 Å². The Balaban J connectivity index is 2.42. The summed E-state index contributed by atoms with van der Waals surface area (Å²) in [5, 5.41) is 24.3. The molecular weight excluding hydrogens is 252 g/mol. The standard InChI is InChI=1S/C11H20N4O2S/c1-5-8-14-15-10(18-8)13-9(16)12-6-11(4,17)7(2)3/h7,17H,5-6H2,1-4H3,(H2,12,13,15,16). The summed E-state index contributed by atoms with van der Waals surface area (Å²) in [5.41, 5.74) is -0.924. The summed E-state index contributed by atoms with van der Waals surface area (Å²) < 4.78 is 0. The van der Waals surface area contributed by atoms with Crippen molar-refractivity contribution in [3.63, 3.8) is 0 Å². The van der Waals surface area contributed by atoms with Crippen LogP contribution in [0.3, 0.4) is 0 Å². The number of aromatic nitrogens is 2. The van der Waals surface area contributed by atoms with Crippen molar-refractivity contribution in [2.24, 2.45) is 5.92 Å². The van der Waals surface area contributed by atoms with Gasteiger partial charge in [0.25, 0.3) is 0 Å². The van der Waals surface area contributed by atoms with Crippen LogP contribution in [0.4, 0.5) is 9.93 Å². The molecule has 0 bridgehead atoms. The number of hydrogen-bond donors (Lipinski definition) is 3. The molecule has 18 heavy (non-hydrogen) atoms. The summed E-state index contributed by atoms with van der Waals surface area (Å²) >= 11 is 1.34. The van der Waals surface area contributed by atoms with Crippen molar-refractivity contribution < 1.29 is 9.90 Å². The number of nitrogens with one attached hydrogen (secondary N) is 2. The van der Waals surface area contributed by atoms with E-state index in [1.807, 2.05) is 20.8 Å². The van der Waals surface area contributed by atoms with E-state index >= 15 is 0 Å². The minimum atomic E-state index is -0.924. The second-order valence-corrected chi connectivity index (χ2v) is 5.74. The van der Waals surface area contributed by atoms with Gasteiger partial charge in [-0.15, -0.1) is 10.2 Å². The number of amides is 2. The molecule has 1 atom stereocenters. The van der Waals surface area contributed by atoms with Gasteiger partial charge in [0.1, 0.15) is 5.01 Å². The van der Waals surface area contributed by atoms with Gasteiger partial charge in [-0.2, -0.15) is 0 Å². The average Bonchev–Trinajstić information content (AvgIpc) is 2.74. The van der Waals surface area contributed by atoms with Crippen LogP contribution >= 0.6 is 11.3 Å². The Morgan fingerprint density at radius 2 is 2.17 bits per heavy atom. The third kappa shape index (κ3) is 4.23. The van der Waals surface area contributed by atoms with Crippen molar-refractivity contribution in [2.45, 2.75) is 39.7 Å². The first-order valence-electron chi connectivity index (χ1n) is 5.94. The van der Waals surface area contributed by atoms with Gasteiger partial charge in [0, 0.05) is 6.54 Å². The fraction of sp³-hybridized carbons (Fsp3) is 0.727. The van der Waals surface area contributed by atoms with Crippen LogP contribution in [0.15, 0.2) is 0 Å². The first-order valence-corrected chi connectivity index (χ1v) is 6.76. The average molecular weight is 272 g/mol. The molecule has 0 fully saturated rings. The molecule has 0 aromatic carbocycles. The molecule has 0 aliphatic rings. The Labute approximate surface area is 111 Å². The number of carbonyl (C=O) groups excluding carboxylic acids is 1. The molecule has 102 valence electrons. The fourth-order valence-electron chi connectivity index (χ4n) is 1.05. The molecule has 0 saturated carbocycles. The molecule has 1 rings (SSSR count). The van der Waals surface area contributed by atoms with Gasteiger partial charge in [-0.1, -0.05) is 32.1 Å². The van der Waals surface area contributed by atoms with Crippen LogP contribution in [-0.4, -0.2) is 33.5 Å². The molecule has 0 aliphatic carbocycles. The van der Waals surface area contributed by atoms with E-state index in [-0.39, 0.29) is 18.5 Å². The zero-order chi connectivity index (χ0) is 13.8. The molecule has 0 radical (unpaired) electrons. The van der Waals surface area contributed by atoms with E-state index < -0.39 is 5.60 Å². The van der Waals surface area contributed by atoms with Crippen molar-refractivity contribution in [3.8, 4) is 0 Å². The largest absolute Gasteiger partial charge is 0.388 e. The van der Waals surface area contributed by atoms with E-state index in [1.165, 1.54) is 11.3 Å². The summed E-state index contributed by atoms with van der Waals surface area (Å²) in [6.07, 6.45) is 0.795. The van der Waals surface area contributed by atoms with Crippen LogP contribution in [0.5, 0.6) is 0 Å². The Morgan fingerprint density at radius 1 is 1.50 bits per heavy atom. The fourth-order valence-corrected chi connectivity index (χ4v) is 1.73. The van der Waals surface area contributed by atoms with Gasteiger partial charge in [-0.05, 0) is 19.3 Å². The van der Waals surface area contributed by atoms with Gasteiger partial charge in [-0.25, -0.2) is 4.79 Å². The normalized spacial score (nSPS) is 14.3.